The molecule has 1 atom stereocenters. The summed E-state index contributed by atoms with van der Waals surface area (Å²) in [4.78, 5) is 0. The van der Waals surface area contributed by atoms with Gasteiger partial charge in [0.25, 0.3) is 0 Å². The normalized spacial score (nSPS) is 32.0. The van der Waals surface area contributed by atoms with Crippen LogP contribution >= 0.6 is 0 Å². The van der Waals surface area contributed by atoms with Crippen LogP contribution in [-0.2, 0) is 0 Å². The molecule has 2 nitrogen and oxygen atoms in total. The van der Waals surface area contributed by atoms with Crippen LogP contribution in [0.25, 0.3) is 0 Å². The van der Waals surface area contributed by atoms with Gasteiger partial charge in [-0.15, -0.1) is 0 Å². The molecule has 2 rings (SSSR count). The minimum Gasteiger partial charge on any atom is -0.271 e. The summed E-state index contributed by atoms with van der Waals surface area (Å²) in [5.41, 5.74) is 3.14. The number of nitrogens with one attached hydrogen (secondary N) is 1. The first-order chi connectivity index (χ1) is 8.70. The lowest BCUT2D eigenvalue weighted by Crippen LogP contribution is -2.43. The molecule has 0 spiro atoms. The summed E-state index contributed by atoms with van der Waals surface area (Å²) in [6.45, 7) is 4.75. The molecule has 2 fully saturated rings. The Kier molecular flexibility index (Phi) is 5.50. The van der Waals surface area contributed by atoms with Crippen molar-refractivity contribution >= 4 is 0 Å². The molecule has 0 radical (unpaired) electrons. The summed E-state index contributed by atoms with van der Waals surface area (Å²) in [6, 6.07) is 0.584. The molecule has 0 aromatic heterocycles. The Bertz CT molecular complexity index is 225. The molecule has 0 bridgehead atoms. The second-order valence-corrected chi connectivity index (χ2v) is 7.08. The Balaban J connectivity index is 1.78. The lowest BCUT2D eigenvalue weighted by atomic mass is 9.73. The van der Waals surface area contributed by atoms with E-state index in [2.05, 4.69) is 19.3 Å². The fourth-order valence-corrected chi connectivity index (χ4v) is 4.22. The zero-order chi connectivity index (χ0) is 13.0. The van der Waals surface area contributed by atoms with Crippen molar-refractivity contribution in [1.29, 1.82) is 0 Å². The van der Waals surface area contributed by atoms with Crippen molar-refractivity contribution in [3.05, 3.63) is 0 Å². The Morgan fingerprint density at radius 3 is 2.00 bits per heavy atom. The summed E-state index contributed by atoms with van der Waals surface area (Å²) >= 11 is 0. The SMILES string of the molecule is CC(C)C1CCC(C(CC2CCCC2)NN)CC1. The van der Waals surface area contributed by atoms with E-state index in [9.17, 15) is 0 Å². The van der Waals surface area contributed by atoms with Gasteiger partial charge in [0.15, 0.2) is 0 Å². The summed E-state index contributed by atoms with van der Waals surface area (Å²) in [5, 5.41) is 0. The van der Waals surface area contributed by atoms with Crippen LogP contribution in [0.4, 0.5) is 0 Å². The number of nitrogens with two attached hydrogens (primary N) is 1. The molecule has 0 saturated heterocycles. The minimum atomic E-state index is 0.584. The molecule has 0 amide bonds. The first-order valence-electron chi connectivity index (χ1n) is 8.16. The number of rotatable bonds is 5. The summed E-state index contributed by atoms with van der Waals surface area (Å²) in [6.07, 6.45) is 12.7. The third-order valence-electron chi connectivity index (χ3n) is 5.60. The lowest BCUT2D eigenvalue weighted by molar-refractivity contribution is 0.174. The summed E-state index contributed by atoms with van der Waals surface area (Å²) in [7, 11) is 0. The lowest BCUT2D eigenvalue weighted by Gasteiger charge is -2.36. The average molecular weight is 252 g/mol. The third-order valence-corrected chi connectivity index (χ3v) is 5.60. The zero-order valence-electron chi connectivity index (χ0n) is 12.3. The van der Waals surface area contributed by atoms with Gasteiger partial charge in [-0.1, -0.05) is 39.5 Å². The van der Waals surface area contributed by atoms with E-state index in [0.29, 0.717) is 6.04 Å². The van der Waals surface area contributed by atoms with E-state index in [1.807, 2.05) is 0 Å². The molecular formula is C16H32N2. The highest BCUT2D eigenvalue weighted by Crippen LogP contribution is 2.37. The van der Waals surface area contributed by atoms with E-state index in [4.69, 9.17) is 5.84 Å². The van der Waals surface area contributed by atoms with Crippen LogP contribution in [-0.4, -0.2) is 6.04 Å². The van der Waals surface area contributed by atoms with E-state index in [1.165, 1.54) is 57.8 Å². The highest BCUT2D eigenvalue weighted by molar-refractivity contribution is 4.84. The van der Waals surface area contributed by atoms with Gasteiger partial charge in [0.2, 0.25) is 0 Å². The van der Waals surface area contributed by atoms with Crippen molar-refractivity contribution < 1.29 is 0 Å². The van der Waals surface area contributed by atoms with Crippen molar-refractivity contribution in [2.45, 2.75) is 77.7 Å². The van der Waals surface area contributed by atoms with E-state index in [1.54, 1.807) is 0 Å². The van der Waals surface area contributed by atoms with Crippen LogP contribution in [0.2, 0.25) is 0 Å². The minimum absolute atomic E-state index is 0.584. The summed E-state index contributed by atoms with van der Waals surface area (Å²) in [5.74, 6) is 9.45. The Morgan fingerprint density at radius 1 is 0.944 bits per heavy atom. The predicted molar refractivity (Wildman–Crippen MR) is 78.0 cm³/mol. The Morgan fingerprint density at radius 2 is 1.50 bits per heavy atom. The quantitative estimate of drug-likeness (QED) is 0.576. The fraction of sp³-hybridized carbons (Fsp3) is 1.00. The molecule has 1 unspecified atom stereocenters. The van der Waals surface area contributed by atoms with Gasteiger partial charge in [-0.3, -0.25) is 11.3 Å². The molecule has 18 heavy (non-hydrogen) atoms. The first-order valence-corrected chi connectivity index (χ1v) is 8.16. The van der Waals surface area contributed by atoms with Gasteiger partial charge >= 0.3 is 0 Å². The van der Waals surface area contributed by atoms with Gasteiger partial charge in [0.1, 0.15) is 0 Å². The average Bonchev–Trinajstić information content (AvgIpc) is 2.89. The van der Waals surface area contributed by atoms with Crippen molar-refractivity contribution in [2.75, 3.05) is 0 Å². The molecule has 2 saturated carbocycles. The van der Waals surface area contributed by atoms with Crippen LogP contribution in [0.1, 0.15) is 71.6 Å². The topological polar surface area (TPSA) is 38.0 Å². The maximum absolute atomic E-state index is 5.83. The number of hydrogen-bond acceptors (Lipinski definition) is 2. The highest BCUT2D eigenvalue weighted by Gasteiger charge is 2.30. The van der Waals surface area contributed by atoms with Crippen LogP contribution in [0.15, 0.2) is 0 Å². The van der Waals surface area contributed by atoms with Crippen LogP contribution in [0, 0.1) is 23.7 Å². The number of hydrogen-bond donors (Lipinski definition) is 2. The Hall–Kier alpha value is -0.0800. The Labute approximate surface area is 113 Å². The molecule has 2 heteroatoms. The largest absolute Gasteiger partial charge is 0.271 e. The van der Waals surface area contributed by atoms with E-state index in [-0.39, 0.29) is 0 Å². The zero-order valence-corrected chi connectivity index (χ0v) is 12.3. The van der Waals surface area contributed by atoms with Crippen LogP contribution in [0.5, 0.6) is 0 Å². The maximum atomic E-state index is 5.83. The molecule has 0 aromatic carbocycles. The van der Waals surface area contributed by atoms with Crippen molar-refractivity contribution in [1.82, 2.24) is 5.43 Å². The van der Waals surface area contributed by atoms with Crippen molar-refractivity contribution in [2.24, 2.45) is 29.5 Å². The molecule has 2 aliphatic carbocycles. The van der Waals surface area contributed by atoms with Gasteiger partial charge in [-0.05, 0) is 55.8 Å². The molecule has 0 aliphatic heterocycles. The predicted octanol–water partition coefficient (Wildman–Crippen LogP) is 3.86. The van der Waals surface area contributed by atoms with Gasteiger partial charge in [-0.2, -0.15) is 0 Å². The second kappa shape index (κ2) is 6.91. The van der Waals surface area contributed by atoms with Crippen molar-refractivity contribution in [3.8, 4) is 0 Å². The second-order valence-electron chi connectivity index (χ2n) is 7.08. The third kappa shape index (κ3) is 3.71. The van der Waals surface area contributed by atoms with Crippen molar-refractivity contribution in [3.63, 3.8) is 0 Å². The van der Waals surface area contributed by atoms with E-state index >= 15 is 0 Å². The first kappa shape index (κ1) is 14.3. The molecule has 0 aromatic rings. The summed E-state index contributed by atoms with van der Waals surface area (Å²) < 4.78 is 0. The molecule has 2 aliphatic rings. The molecule has 0 heterocycles. The molecular weight excluding hydrogens is 220 g/mol. The van der Waals surface area contributed by atoms with E-state index in [0.717, 1.165) is 23.7 Å². The fourth-order valence-electron chi connectivity index (χ4n) is 4.22. The van der Waals surface area contributed by atoms with Gasteiger partial charge in [0.05, 0.1) is 0 Å². The maximum Gasteiger partial charge on any atom is 0.0241 e. The highest BCUT2D eigenvalue weighted by atomic mass is 15.2. The van der Waals surface area contributed by atoms with Crippen LogP contribution in [0.3, 0.4) is 0 Å². The monoisotopic (exact) mass is 252 g/mol. The number of hydrazine groups is 1. The molecule has 3 N–H and O–H groups in total. The van der Waals surface area contributed by atoms with E-state index < -0.39 is 0 Å². The van der Waals surface area contributed by atoms with Gasteiger partial charge < -0.3 is 0 Å². The van der Waals surface area contributed by atoms with Crippen LogP contribution < -0.4 is 11.3 Å². The molecule has 106 valence electrons. The smallest absolute Gasteiger partial charge is 0.0241 e. The van der Waals surface area contributed by atoms with Gasteiger partial charge in [0, 0.05) is 6.04 Å². The van der Waals surface area contributed by atoms with Gasteiger partial charge in [-0.25, -0.2) is 0 Å². The standard InChI is InChI=1S/C16H32N2/c1-12(2)14-7-9-15(10-8-14)16(18-17)11-13-5-3-4-6-13/h12-16,18H,3-11,17H2,1-2H3.